The molecule has 112 valence electrons. The second-order valence-corrected chi connectivity index (χ2v) is 6.22. The molecule has 3 aromatic rings. The van der Waals surface area contributed by atoms with Crippen molar-refractivity contribution in [1.29, 1.82) is 0 Å². The van der Waals surface area contributed by atoms with Crippen LogP contribution >= 0.6 is 27.5 Å². The van der Waals surface area contributed by atoms with Gasteiger partial charge in [0.15, 0.2) is 5.65 Å². The molecular formula is C16H12BrClFN3. The topological polar surface area (TPSA) is 37.8 Å². The maximum absolute atomic E-state index is 13.9. The second-order valence-electron chi connectivity index (χ2n) is 4.89. The molecule has 3 rings (SSSR count). The van der Waals surface area contributed by atoms with Crippen molar-refractivity contribution in [2.75, 3.05) is 5.32 Å². The molecule has 0 aliphatic carbocycles. The van der Waals surface area contributed by atoms with Gasteiger partial charge in [-0.15, -0.1) is 0 Å². The molecule has 0 amide bonds. The Bertz CT molecular complexity index is 835. The predicted octanol–water partition coefficient (Wildman–Crippen LogP) is 5.36. The Kier molecular flexibility index (Phi) is 4.27. The fourth-order valence-electron chi connectivity index (χ4n) is 2.30. The molecule has 3 nitrogen and oxygen atoms in total. The summed E-state index contributed by atoms with van der Waals surface area (Å²) in [6, 6.07) is 8.31. The van der Waals surface area contributed by atoms with E-state index in [1.54, 1.807) is 30.6 Å². The molecule has 0 fully saturated rings. The molecule has 6 heteroatoms. The Balaban J connectivity index is 2.05. The maximum atomic E-state index is 13.9. The first kappa shape index (κ1) is 15.2. The molecule has 0 aliphatic rings. The minimum Gasteiger partial charge on any atom is -0.377 e. The number of hydrogen-bond acceptors (Lipinski definition) is 3. The average Bonchev–Trinajstić information content (AvgIpc) is 2.50. The zero-order valence-corrected chi connectivity index (χ0v) is 14.0. The van der Waals surface area contributed by atoms with Crippen LogP contribution < -0.4 is 5.32 Å². The van der Waals surface area contributed by atoms with Crippen molar-refractivity contribution in [3.05, 3.63) is 63.6 Å². The van der Waals surface area contributed by atoms with E-state index >= 15 is 0 Å². The number of pyridine rings is 2. The van der Waals surface area contributed by atoms with Crippen molar-refractivity contribution < 1.29 is 4.39 Å². The molecule has 0 aliphatic heterocycles. The molecule has 2 heterocycles. The summed E-state index contributed by atoms with van der Waals surface area (Å²) in [4.78, 5) is 8.45. The lowest BCUT2D eigenvalue weighted by Gasteiger charge is -2.18. The van der Waals surface area contributed by atoms with Gasteiger partial charge in [0, 0.05) is 21.6 Å². The zero-order chi connectivity index (χ0) is 15.7. The van der Waals surface area contributed by atoms with Crippen LogP contribution in [0.5, 0.6) is 0 Å². The van der Waals surface area contributed by atoms with Crippen LogP contribution in [0.25, 0.3) is 11.0 Å². The van der Waals surface area contributed by atoms with Crippen molar-refractivity contribution in [3.8, 4) is 0 Å². The normalized spacial score (nSPS) is 12.4. The van der Waals surface area contributed by atoms with Crippen molar-refractivity contribution in [3.63, 3.8) is 0 Å². The number of aromatic nitrogens is 2. The fraction of sp³-hybridized carbons (Fsp3) is 0.125. The predicted molar refractivity (Wildman–Crippen MR) is 90.7 cm³/mol. The van der Waals surface area contributed by atoms with E-state index in [0.29, 0.717) is 21.9 Å². The van der Waals surface area contributed by atoms with Crippen LogP contribution in [-0.2, 0) is 0 Å². The van der Waals surface area contributed by atoms with Crippen molar-refractivity contribution in [1.82, 2.24) is 9.97 Å². The van der Waals surface area contributed by atoms with Gasteiger partial charge in [-0.05, 0) is 35.0 Å². The highest BCUT2D eigenvalue weighted by Crippen LogP contribution is 2.33. The third-order valence-corrected chi connectivity index (χ3v) is 4.09. The molecule has 1 aromatic carbocycles. The molecule has 1 N–H and O–H groups in total. The van der Waals surface area contributed by atoms with Crippen LogP contribution in [0.4, 0.5) is 10.1 Å². The lowest BCUT2D eigenvalue weighted by molar-refractivity contribution is 0.600. The highest BCUT2D eigenvalue weighted by Gasteiger charge is 2.15. The molecule has 1 atom stereocenters. The molecule has 0 bridgehead atoms. The van der Waals surface area contributed by atoms with Crippen molar-refractivity contribution in [2.45, 2.75) is 13.0 Å². The molecule has 0 radical (unpaired) electrons. The van der Waals surface area contributed by atoms with E-state index in [2.05, 4.69) is 31.2 Å². The molecule has 0 spiro atoms. The number of nitrogens with one attached hydrogen (secondary N) is 1. The van der Waals surface area contributed by atoms with Crippen LogP contribution in [0.15, 0.2) is 47.2 Å². The second kappa shape index (κ2) is 6.18. The first-order valence-corrected chi connectivity index (χ1v) is 7.84. The van der Waals surface area contributed by atoms with Crippen LogP contribution in [0, 0.1) is 5.82 Å². The van der Waals surface area contributed by atoms with Crippen LogP contribution in [0.1, 0.15) is 18.5 Å². The van der Waals surface area contributed by atoms with Gasteiger partial charge < -0.3 is 5.32 Å². The average molecular weight is 381 g/mol. The van der Waals surface area contributed by atoms with Crippen LogP contribution in [0.2, 0.25) is 5.02 Å². The van der Waals surface area contributed by atoms with Crippen molar-refractivity contribution >= 4 is 44.3 Å². The van der Waals surface area contributed by atoms with E-state index < -0.39 is 0 Å². The molecule has 2 aromatic heterocycles. The summed E-state index contributed by atoms with van der Waals surface area (Å²) >= 11 is 9.66. The van der Waals surface area contributed by atoms with Gasteiger partial charge in [-0.3, -0.25) is 0 Å². The summed E-state index contributed by atoms with van der Waals surface area (Å²) in [6.07, 6.45) is 3.22. The van der Waals surface area contributed by atoms with Crippen molar-refractivity contribution in [2.24, 2.45) is 0 Å². The Morgan fingerprint density at radius 1 is 1.23 bits per heavy atom. The quantitative estimate of drug-likeness (QED) is 0.665. The third kappa shape index (κ3) is 2.91. The number of hydrogen-bond donors (Lipinski definition) is 1. The lowest BCUT2D eigenvalue weighted by atomic mass is 10.1. The number of fused-ring (bicyclic) bond motifs is 1. The largest absolute Gasteiger partial charge is 0.377 e. The lowest BCUT2D eigenvalue weighted by Crippen LogP contribution is -2.09. The molecule has 22 heavy (non-hydrogen) atoms. The van der Waals surface area contributed by atoms with Crippen LogP contribution in [-0.4, -0.2) is 9.97 Å². The van der Waals surface area contributed by atoms with Gasteiger partial charge >= 0.3 is 0 Å². The summed E-state index contributed by atoms with van der Waals surface area (Å²) in [6.45, 7) is 1.88. The standard InChI is InChI=1S/C16H12BrClFN3/c1-9(11-4-2-3-5-14(11)19)22-15-12-6-10(17)7-20-16(12)21-8-13(15)18/h2-9H,1H3,(H,20,21,22). The number of anilines is 1. The number of benzene rings is 1. The highest BCUT2D eigenvalue weighted by molar-refractivity contribution is 9.10. The van der Waals surface area contributed by atoms with E-state index in [9.17, 15) is 4.39 Å². The summed E-state index contributed by atoms with van der Waals surface area (Å²) in [5, 5.41) is 4.52. The SMILES string of the molecule is CC(Nc1c(Cl)cnc2ncc(Br)cc12)c1ccccc1F. The highest BCUT2D eigenvalue weighted by atomic mass is 79.9. The number of rotatable bonds is 3. The Morgan fingerprint density at radius 2 is 1.95 bits per heavy atom. The molecule has 0 saturated carbocycles. The van der Waals surface area contributed by atoms with E-state index in [1.165, 1.54) is 6.07 Å². The van der Waals surface area contributed by atoms with Gasteiger partial charge in [-0.25, -0.2) is 14.4 Å². The minimum absolute atomic E-state index is 0.247. The maximum Gasteiger partial charge on any atom is 0.161 e. The summed E-state index contributed by atoms with van der Waals surface area (Å²) < 4.78 is 14.7. The summed E-state index contributed by atoms with van der Waals surface area (Å²) in [5.74, 6) is -0.253. The monoisotopic (exact) mass is 379 g/mol. The van der Waals surface area contributed by atoms with Gasteiger partial charge in [-0.1, -0.05) is 29.8 Å². The van der Waals surface area contributed by atoms with Gasteiger partial charge in [-0.2, -0.15) is 0 Å². The van der Waals surface area contributed by atoms with Gasteiger partial charge in [0.05, 0.1) is 22.9 Å². The Morgan fingerprint density at radius 3 is 2.73 bits per heavy atom. The first-order chi connectivity index (χ1) is 10.6. The Hall–Kier alpha value is -1.72. The Labute approximate surface area is 140 Å². The number of nitrogens with zero attached hydrogens (tertiary/aromatic N) is 2. The fourth-order valence-corrected chi connectivity index (χ4v) is 2.83. The molecule has 1 unspecified atom stereocenters. The minimum atomic E-state index is -0.253. The molecular weight excluding hydrogens is 369 g/mol. The van der Waals surface area contributed by atoms with E-state index in [1.807, 2.05) is 13.0 Å². The molecule has 0 saturated heterocycles. The summed E-state index contributed by atoms with van der Waals surface area (Å²) in [5.41, 5.74) is 1.85. The first-order valence-electron chi connectivity index (χ1n) is 6.67. The van der Waals surface area contributed by atoms with Gasteiger partial charge in [0.1, 0.15) is 5.82 Å². The van der Waals surface area contributed by atoms with Gasteiger partial charge in [0.2, 0.25) is 0 Å². The zero-order valence-electron chi connectivity index (χ0n) is 11.6. The van der Waals surface area contributed by atoms with E-state index in [-0.39, 0.29) is 11.9 Å². The third-order valence-electron chi connectivity index (χ3n) is 3.37. The number of halogens is 3. The van der Waals surface area contributed by atoms with Crippen LogP contribution in [0.3, 0.4) is 0 Å². The van der Waals surface area contributed by atoms with E-state index in [4.69, 9.17) is 11.6 Å². The smallest absolute Gasteiger partial charge is 0.161 e. The van der Waals surface area contributed by atoms with E-state index in [0.717, 1.165) is 9.86 Å². The van der Waals surface area contributed by atoms with Gasteiger partial charge in [0.25, 0.3) is 0 Å². The summed E-state index contributed by atoms with van der Waals surface area (Å²) in [7, 11) is 0.